The molecule has 2 aromatic rings. The van der Waals surface area contributed by atoms with Crippen molar-refractivity contribution in [1.29, 1.82) is 0 Å². The number of hydrogen-bond donors (Lipinski definition) is 1. The van der Waals surface area contributed by atoms with Gasteiger partial charge >= 0.3 is 5.63 Å². The van der Waals surface area contributed by atoms with E-state index in [1.165, 1.54) is 6.07 Å². The molecule has 6 heteroatoms. The fourth-order valence-corrected chi connectivity index (χ4v) is 2.73. The molecule has 2 rings (SSSR count). The van der Waals surface area contributed by atoms with Crippen LogP contribution in [0.15, 0.2) is 33.5 Å². The van der Waals surface area contributed by atoms with Crippen molar-refractivity contribution in [3.8, 4) is 5.75 Å². The van der Waals surface area contributed by atoms with Crippen molar-refractivity contribution in [2.75, 3.05) is 32.8 Å². The van der Waals surface area contributed by atoms with E-state index in [-0.39, 0.29) is 5.91 Å². The lowest BCUT2D eigenvalue weighted by atomic mass is 10.1. The van der Waals surface area contributed by atoms with E-state index in [9.17, 15) is 9.59 Å². The maximum atomic E-state index is 12.5. The summed E-state index contributed by atoms with van der Waals surface area (Å²) in [5.74, 6) is 0.344. The Morgan fingerprint density at radius 3 is 2.64 bits per heavy atom. The Bertz CT molecular complexity index is 766. The minimum atomic E-state index is -0.547. The first-order valence-electron chi connectivity index (χ1n) is 8.80. The van der Waals surface area contributed by atoms with Crippen LogP contribution in [0.1, 0.15) is 37.6 Å². The van der Waals surface area contributed by atoms with E-state index < -0.39 is 5.63 Å². The number of carbonyl (C=O) groups excluding carboxylic acids is 1. The smallest absolute Gasteiger partial charge is 0.337 e. The van der Waals surface area contributed by atoms with Crippen LogP contribution in [0.2, 0.25) is 0 Å². The molecule has 1 aromatic carbocycles. The highest BCUT2D eigenvalue weighted by Gasteiger charge is 2.13. The number of nitrogens with one attached hydrogen (secondary N) is 1. The number of benzene rings is 1. The third kappa shape index (κ3) is 5.06. The highest BCUT2D eigenvalue weighted by Crippen LogP contribution is 2.22. The van der Waals surface area contributed by atoms with Gasteiger partial charge in [0.2, 0.25) is 0 Å². The molecule has 1 N–H and O–H groups in total. The third-order valence-electron chi connectivity index (χ3n) is 4.10. The molecule has 0 atom stereocenters. The van der Waals surface area contributed by atoms with Crippen molar-refractivity contribution in [2.24, 2.45) is 0 Å². The Kier molecular flexibility index (Phi) is 7.01. The average Bonchev–Trinajstić information content (AvgIpc) is 2.61. The molecule has 0 fully saturated rings. The highest BCUT2D eigenvalue weighted by molar-refractivity contribution is 6.05. The van der Waals surface area contributed by atoms with E-state index >= 15 is 0 Å². The summed E-state index contributed by atoms with van der Waals surface area (Å²) >= 11 is 0. The molecule has 136 valence electrons. The van der Waals surface area contributed by atoms with Crippen LogP contribution in [0.25, 0.3) is 11.0 Å². The molecule has 1 aromatic heterocycles. The van der Waals surface area contributed by atoms with E-state index in [0.29, 0.717) is 35.4 Å². The SMILES string of the molecule is CCOc1ccc2c(C(=O)NCCCN(CC)CC)cc(=O)oc2c1. The third-order valence-corrected chi connectivity index (χ3v) is 4.10. The van der Waals surface area contributed by atoms with Gasteiger partial charge in [0.15, 0.2) is 0 Å². The average molecular weight is 346 g/mol. The number of rotatable bonds is 9. The van der Waals surface area contributed by atoms with Crippen LogP contribution in [0, 0.1) is 0 Å². The molecular weight excluding hydrogens is 320 g/mol. The first kappa shape index (κ1) is 19.0. The second kappa shape index (κ2) is 9.22. The quantitative estimate of drug-likeness (QED) is 0.558. The normalized spacial score (nSPS) is 11.0. The Morgan fingerprint density at radius 2 is 1.96 bits per heavy atom. The number of ether oxygens (including phenoxy) is 1. The molecule has 1 amide bonds. The number of carbonyl (C=O) groups is 1. The topological polar surface area (TPSA) is 71.8 Å². The van der Waals surface area contributed by atoms with Gasteiger partial charge in [-0.05, 0) is 45.1 Å². The van der Waals surface area contributed by atoms with Crippen molar-refractivity contribution in [2.45, 2.75) is 27.2 Å². The van der Waals surface area contributed by atoms with Crippen LogP contribution in [-0.4, -0.2) is 43.6 Å². The minimum Gasteiger partial charge on any atom is -0.494 e. The lowest BCUT2D eigenvalue weighted by Gasteiger charge is -2.17. The van der Waals surface area contributed by atoms with Crippen molar-refractivity contribution < 1.29 is 13.9 Å². The van der Waals surface area contributed by atoms with Gasteiger partial charge in [0.05, 0.1) is 12.2 Å². The van der Waals surface area contributed by atoms with Gasteiger partial charge in [-0.3, -0.25) is 4.79 Å². The van der Waals surface area contributed by atoms with Gasteiger partial charge in [-0.2, -0.15) is 0 Å². The lowest BCUT2D eigenvalue weighted by Crippen LogP contribution is -2.30. The van der Waals surface area contributed by atoms with Crippen LogP contribution in [-0.2, 0) is 0 Å². The second-order valence-corrected chi connectivity index (χ2v) is 5.71. The molecule has 0 unspecified atom stereocenters. The molecule has 0 radical (unpaired) electrons. The van der Waals surface area contributed by atoms with E-state index in [4.69, 9.17) is 9.15 Å². The van der Waals surface area contributed by atoms with Crippen LogP contribution >= 0.6 is 0 Å². The molecule has 25 heavy (non-hydrogen) atoms. The highest BCUT2D eigenvalue weighted by atomic mass is 16.5. The summed E-state index contributed by atoms with van der Waals surface area (Å²) in [6.45, 7) is 10.1. The molecular formula is C19H26N2O4. The number of hydrogen-bond acceptors (Lipinski definition) is 5. The van der Waals surface area contributed by atoms with Crippen molar-refractivity contribution in [1.82, 2.24) is 10.2 Å². The number of fused-ring (bicyclic) bond motifs is 1. The van der Waals surface area contributed by atoms with E-state index in [2.05, 4.69) is 24.1 Å². The number of amides is 1. The first-order valence-corrected chi connectivity index (χ1v) is 8.80. The van der Waals surface area contributed by atoms with Gasteiger partial charge in [-0.25, -0.2) is 4.79 Å². The summed E-state index contributed by atoms with van der Waals surface area (Å²) in [6.07, 6.45) is 0.862. The second-order valence-electron chi connectivity index (χ2n) is 5.71. The minimum absolute atomic E-state index is 0.262. The molecule has 0 saturated carbocycles. The molecule has 0 spiro atoms. The zero-order valence-corrected chi connectivity index (χ0v) is 15.1. The summed E-state index contributed by atoms with van der Waals surface area (Å²) in [5.41, 5.74) is 0.137. The van der Waals surface area contributed by atoms with Gasteiger partial charge in [-0.15, -0.1) is 0 Å². The molecule has 0 aliphatic carbocycles. The number of nitrogens with zero attached hydrogens (tertiary/aromatic N) is 1. The monoisotopic (exact) mass is 346 g/mol. The van der Waals surface area contributed by atoms with Crippen molar-refractivity contribution >= 4 is 16.9 Å². The molecule has 0 aliphatic rings. The zero-order valence-electron chi connectivity index (χ0n) is 15.1. The van der Waals surface area contributed by atoms with Crippen LogP contribution in [0.5, 0.6) is 5.75 Å². The van der Waals surface area contributed by atoms with Crippen molar-refractivity contribution in [3.63, 3.8) is 0 Å². The van der Waals surface area contributed by atoms with Gasteiger partial charge in [-0.1, -0.05) is 13.8 Å². The Balaban J connectivity index is 2.11. The van der Waals surface area contributed by atoms with Crippen LogP contribution in [0.4, 0.5) is 0 Å². The fourth-order valence-electron chi connectivity index (χ4n) is 2.73. The molecule has 1 heterocycles. The molecule has 0 bridgehead atoms. The van der Waals surface area contributed by atoms with E-state index in [0.717, 1.165) is 26.1 Å². The summed E-state index contributed by atoms with van der Waals surface area (Å²) in [5, 5.41) is 3.49. The van der Waals surface area contributed by atoms with Gasteiger partial charge in [0, 0.05) is 24.1 Å². The van der Waals surface area contributed by atoms with E-state index in [1.54, 1.807) is 18.2 Å². The first-order chi connectivity index (χ1) is 12.1. The summed E-state index contributed by atoms with van der Waals surface area (Å²) < 4.78 is 10.6. The summed E-state index contributed by atoms with van der Waals surface area (Å²) in [4.78, 5) is 26.5. The molecule has 6 nitrogen and oxygen atoms in total. The largest absolute Gasteiger partial charge is 0.494 e. The van der Waals surface area contributed by atoms with Gasteiger partial charge < -0.3 is 19.4 Å². The predicted octanol–water partition coefficient (Wildman–Crippen LogP) is 2.65. The Labute approximate surface area is 147 Å². The van der Waals surface area contributed by atoms with E-state index in [1.807, 2.05) is 6.92 Å². The standard InChI is InChI=1S/C19H26N2O4/c1-4-21(5-2)11-7-10-20-19(23)16-13-18(22)25-17-12-14(24-6-3)8-9-15(16)17/h8-9,12-13H,4-7,10-11H2,1-3H3,(H,20,23). The summed E-state index contributed by atoms with van der Waals surface area (Å²) in [7, 11) is 0. The fraction of sp³-hybridized carbons (Fsp3) is 0.474. The predicted molar refractivity (Wildman–Crippen MR) is 98.4 cm³/mol. The maximum absolute atomic E-state index is 12.5. The van der Waals surface area contributed by atoms with Crippen LogP contribution < -0.4 is 15.7 Å². The Hall–Kier alpha value is -2.34. The Morgan fingerprint density at radius 1 is 1.20 bits per heavy atom. The van der Waals surface area contributed by atoms with Gasteiger partial charge in [0.1, 0.15) is 11.3 Å². The van der Waals surface area contributed by atoms with Crippen LogP contribution in [0.3, 0.4) is 0 Å². The molecule has 0 saturated heterocycles. The summed E-state index contributed by atoms with van der Waals surface area (Å²) in [6, 6.07) is 6.39. The van der Waals surface area contributed by atoms with Gasteiger partial charge in [0.25, 0.3) is 5.91 Å². The molecule has 0 aliphatic heterocycles. The van der Waals surface area contributed by atoms with Crippen molar-refractivity contribution in [3.05, 3.63) is 40.2 Å². The zero-order chi connectivity index (χ0) is 18.2. The lowest BCUT2D eigenvalue weighted by molar-refractivity contribution is 0.0953. The maximum Gasteiger partial charge on any atom is 0.337 e.